The summed E-state index contributed by atoms with van der Waals surface area (Å²) in [5, 5.41) is 0. The van der Waals surface area contributed by atoms with Gasteiger partial charge in [-0.15, -0.1) is 0 Å². The summed E-state index contributed by atoms with van der Waals surface area (Å²) in [5.41, 5.74) is 5.46. The van der Waals surface area contributed by atoms with Crippen LogP contribution in [0.25, 0.3) is 0 Å². The van der Waals surface area contributed by atoms with E-state index in [2.05, 4.69) is 9.80 Å². The Bertz CT molecular complexity index is 176. The summed E-state index contributed by atoms with van der Waals surface area (Å²) < 4.78 is 0. The van der Waals surface area contributed by atoms with Crippen LogP contribution in [0.2, 0.25) is 0 Å². The van der Waals surface area contributed by atoms with E-state index in [4.69, 9.17) is 5.73 Å². The number of carbonyl (C=O) groups excluding carboxylic acids is 1. The van der Waals surface area contributed by atoms with Gasteiger partial charge < -0.3 is 10.6 Å². The van der Waals surface area contributed by atoms with Gasteiger partial charge in [0.25, 0.3) is 0 Å². The van der Waals surface area contributed by atoms with E-state index >= 15 is 0 Å². The lowest BCUT2D eigenvalue weighted by Gasteiger charge is -2.34. The molecule has 0 radical (unpaired) electrons. The van der Waals surface area contributed by atoms with Gasteiger partial charge in [-0.05, 0) is 26.4 Å². The number of Topliss-reactive ketones (excluding diaryl/α,β-unsaturated/α-hetero) is 1. The first-order valence-electron chi connectivity index (χ1n) is 5.36. The molecule has 1 rings (SSSR count). The highest BCUT2D eigenvalue weighted by Gasteiger charge is 2.16. The average Bonchev–Trinajstić information content (AvgIpc) is 2.16. The van der Waals surface area contributed by atoms with Gasteiger partial charge in [-0.1, -0.05) is 0 Å². The molecule has 0 saturated carbocycles. The molecule has 0 bridgehead atoms. The van der Waals surface area contributed by atoms with Crippen LogP contribution >= 0.6 is 0 Å². The molecule has 0 unspecified atom stereocenters. The molecule has 1 aliphatic rings. The van der Waals surface area contributed by atoms with Crippen LogP contribution in [-0.4, -0.2) is 61.4 Å². The predicted octanol–water partition coefficient (Wildman–Crippen LogP) is -0.458. The van der Waals surface area contributed by atoms with E-state index < -0.39 is 0 Å². The molecule has 1 heterocycles. The van der Waals surface area contributed by atoms with Gasteiger partial charge >= 0.3 is 0 Å². The molecule has 4 heteroatoms. The SMILES string of the molecule is CC(=O)CN1CCN(CCCN)CC1. The third-order valence-electron chi connectivity index (χ3n) is 2.59. The van der Waals surface area contributed by atoms with Crippen LogP contribution < -0.4 is 5.73 Å². The molecule has 0 aromatic rings. The number of hydrogen-bond acceptors (Lipinski definition) is 4. The van der Waals surface area contributed by atoms with Gasteiger partial charge in [0.2, 0.25) is 0 Å². The highest BCUT2D eigenvalue weighted by molar-refractivity contribution is 5.77. The zero-order valence-electron chi connectivity index (χ0n) is 9.04. The summed E-state index contributed by atoms with van der Waals surface area (Å²) in [6.45, 7) is 8.33. The number of nitrogens with zero attached hydrogens (tertiary/aromatic N) is 2. The topological polar surface area (TPSA) is 49.6 Å². The third-order valence-corrected chi connectivity index (χ3v) is 2.59. The normalized spacial score (nSPS) is 19.9. The first-order valence-corrected chi connectivity index (χ1v) is 5.36. The van der Waals surface area contributed by atoms with E-state index in [9.17, 15) is 4.79 Å². The zero-order valence-corrected chi connectivity index (χ0v) is 9.04. The van der Waals surface area contributed by atoms with Crippen molar-refractivity contribution in [3.05, 3.63) is 0 Å². The maximum absolute atomic E-state index is 10.9. The summed E-state index contributed by atoms with van der Waals surface area (Å²) in [4.78, 5) is 15.5. The third kappa shape index (κ3) is 4.17. The Morgan fingerprint density at radius 3 is 2.29 bits per heavy atom. The van der Waals surface area contributed by atoms with Crippen molar-refractivity contribution in [1.82, 2.24) is 9.80 Å². The largest absolute Gasteiger partial charge is 0.330 e. The number of hydrogen-bond donors (Lipinski definition) is 1. The quantitative estimate of drug-likeness (QED) is 0.651. The van der Waals surface area contributed by atoms with Crippen LogP contribution in [0.5, 0.6) is 0 Å². The molecule has 2 N–H and O–H groups in total. The van der Waals surface area contributed by atoms with Crippen LogP contribution in [0.15, 0.2) is 0 Å². The highest BCUT2D eigenvalue weighted by atomic mass is 16.1. The van der Waals surface area contributed by atoms with Crippen molar-refractivity contribution in [1.29, 1.82) is 0 Å². The summed E-state index contributed by atoms with van der Waals surface area (Å²) >= 11 is 0. The Morgan fingerprint density at radius 2 is 1.79 bits per heavy atom. The summed E-state index contributed by atoms with van der Waals surface area (Å²) in [5.74, 6) is 0.264. The van der Waals surface area contributed by atoms with Crippen molar-refractivity contribution >= 4 is 5.78 Å². The molecule has 0 aliphatic carbocycles. The van der Waals surface area contributed by atoms with Gasteiger partial charge in [-0.2, -0.15) is 0 Å². The van der Waals surface area contributed by atoms with Crippen LogP contribution in [0.3, 0.4) is 0 Å². The second-order valence-electron chi connectivity index (χ2n) is 3.96. The monoisotopic (exact) mass is 199 g/mol. The molecule has 0 spiro atoms. The van der Waals surface area contributed by atoms with Crippen molar-refractivity contribution in [2.24, 2.45) is 5.73 Å². The number of nitrogens with two attached hydrogens (primary N) is 1. The van der Waals surface area contributed by atoms with Crippen molar-refractivity contribution in [3.63, 3.8) is 0 Å². The average molecular weight is 199 g/mol. The van der Waals surface area contributed by atoms with Crippen LogP contribution in [0.4, 0.5) is 0 Å². The summed E-state index contributed by atoms with van der Waals surface area (Å²) in [6, 6.07) is 0. The summed E-state index contributed by atoms with van der Waals surface area (Å²) in [7, 11) is 0. The second-order valence-corrected chi connectivity index (χ2v) is 3.96. The maximum Gasteiger partial charge on any atom is 0.143 e. The molecule has 0 atom stereocenters. The van der Waals surface area contributed by atoms with Gasteiger partial charge in [0.05, 0.1) is 6.54 Å². The number of carbonyl (C=O) groups is 1. The zero-order chi connectivity index (χ0) is 10.4. The van der Waals surface area contributed by atoms with Crippen LogP contribution in [-0.2, 0) is 4.79 Å². The molecule has 1 saturated heterocycles. The van der Waals surface area contributed by atoms with Gasteiger partial charge in [0.15, 0.2) is 0 Å². The van der Waals surface area contributed by atoms with E-state index in [0.29, 0.717) is 6.54 Å². The first-order chi connectivity index (χ1) is 6.72. The van der Waals surface area contributed by atoms with Gasteiger partial charge in [0.1, 0.15) is 5.78 Å². The van der Waals surface area contributed by atoms with Gasteiger partial charge in [-0.25, -0.2) is 0 Å². The fourth-order valence-corrected chi connectivity index (χ4v) is 1.80. The van der Waals surface area contributed by atoms with Gasteiger partial charge in [-0.3, -0.25) is 9.69 Å². The van der Waals surface area contributed by atoms with Crippen molar-refractivity contribution in [3.8, 4) is 0 Å². The smallest absolute Gasteiger partial charge is 0.143 e. The standard InChI is InChI=1S/C10H21N3O/c1-10(14)9-13-7-5-12(6-8-13)4-2-3-11/h2-9,11H2,1H3. The molecule has 4 nitrogen and oxygen atoms in total. The maximum atomic E-state index is 10.9. The van der Waals surface area contributed by atoms with Crippen molar-refractivity contribution < 1.29 is 4.79 Å². The molecule has 82 valence electrons. The van der Waals surface area contributed by atoms with Crippen LogP contribution in [0, 0.1) is 0 Å². The minimum absolute atomic E-state index is 0.264. The lowest BCUT2D eigenvalue weighted by atomic mass is 10.2. The van der Waals surface area contributed by atoms with Gasteiger partial charge in [0, 0.05) is 26.2 Å². The molecule has 0 aromatic carbocycles. The molecule has 0 aromatic heterocycles. The van der Waals surface area contributed by atoms with Crippen molar-refractivity contribution in [2.45, 2.75) is 13.3 Å². The molecule has 1 aliphatic heterocycles. The lowest BCUT2D eigenvalue weighted by molar-refractivity contribution is -0.118. The summed E-state index contributed by atoms with van der Waals surface area (Å²) in [6.07, 6.45) is 1.08. The second kappa shape index (κ2) is 6.11. The fourth-order valence-electron chi connectivity index (χ4n) is 1.80. The Kier molecular flexibility index (Phi) is 5.07. The molecule has 0 amide bonds. The Labute approximate surface area is 86.0 Å². The van der Waals surface area contributed by atoms with E-state index in [1.165, 1.54) is 0 Å². The Morgan fingerprint density at radius 1 is 1.21 bits per heavy atom. The van der Waals surface area contributed by atoms with E-state index in [-0.39, 0.29) is 5.78 Å². The molecule has 14 heavy (non-hydrogen) atoms. The number of ketones is 1. The predicted molar refractivity (Wildman–Crippen MR) is 57.2 cm³/mol. The van der Waals surface area contributed by atoms with E-state index in [0.717, 1.165) is 45.7 Å². The minimum atomic E-state index is 0.264. The Balaban J connectivity index is 2.14. The lowest BCUT2D eigenvalue weighted by Crippen LogP contribution is -2.48. The molecular weight excluding hydrogens is 178 g/mol. The van der Waals surface area contributed by atoms with E-state index in [1.807, 2.05) is 0 Å². The number of rotatable bonds is 5. The number of piperazine rings is 1. The highest BCUT2D eigenvalue weighted by Crippen LogP contribution is 2.01. The van der Waals surface area contributed by atoms with Crippen LogP contribution in [0.1, 0.15) is 13.3 Å². The Hall–Kier alpha value is -0.450. The fraction of sp³-hybridized carbons (Fsp3) is 0.900. The molecule has 1 fully saturated rings. The van der Waals surface area contributed by atoms with Crippen molar-refractivity contribution in [2.75, 3.05) is 45.8 Å². The first kappa shape index (κ1) is 11.6. The van der Waals surface area contributed by atoms with E-state index in [1.54, 1.807) is 6.92 Å². The minimum Gasteiger partial charge on any atom is -0.330 e. The molecular formula is C10H21N3O.